The molecule has 2 fully saturated rings. The number of fused-ring (bicyclic) bond motifs is 1. The number of rotatable bonds is 8. The van der Waals surface area contributed by atoms with Crippen molar-refractivity contribution in [1.29, 1.82) is 0 Å². The SMILES string of the molecule is Cl.O=C(c1ccc(S(=O)(=O)N2CCCC2)cc1)N(CCCN1CCOCC1)c1nc2ccccc2s1. The first kappa shape index (κ1) is 27.0. The maximum atomic E-state index is 13.6. The lowest BCUT2D eigenvalue weighted by Crippen LogP contribution is -2.39. The summed E-state index contributed by atoms with van der Waals surface area (Å²) in [6, 6.07) is 14.2. The van der Waals surface area contributed by atoms with Gasteiger partial charge in [-0.1, -0.05) is 23.5 Å². The van der Waals surface area contributed by atoms with Gasteiger partial charge >= 0.3 is 0 Å². The maximum absolute atomic E-state index is 13.6. The summed E-state index contributed by atoms with van der Waals surface area (Å²) in [6.45, 7) is 5.81. The third-order valence-corrected chi connectivity index (χ3v) is 9.49. The third kappa shape index (κ3) is 5.90. The highest BCUT2D eigenvalue weighted by Gasteiger charge is 2.28. The number of carbonyl (C=O) groups excluding carboxylic acids is 1. The molecule has 8 nitrogen and oxygen atoms in total. The summed E-state index contributed by atoms with van der Waals surface area (Å²) in [5.41, 5.74) is 1.32. The lowest BCUT2D eigenvalue weighted by molar-refractivity contribution is 0.0376. The predicted octanol–water partition coefficient (Wildman–Crippen LogP) is 3.87. The van der Waals surface area contributed by atoms with Crippen molar-refractivity contribution in [3.63, 3.8) is 0 Å². The number of nitrogens with zero attached hydrogens (tertiary/aromatic N) is 4. The molecule has 2 aromatic carbocycles. The molecule has 194 valence electrons. The molecule has 0 saturated carbocycles. The van der Waals surface area contributed by atoms with Gasteiger partial charge in [-0.25, -0.2) is 13.4 Å². The molecule has 0 N–H and O–H groups in total. The van der Waals surface area contributed by atoms with Crippen LogP contribution in [0.5, 0.6) is 0 Å². The van der Waals surface area contributed by atoms with Gasteiger partial charge in [0.1, 0.15) is 0 Å². The van der Waals surface area contributed by atoms with Crippen molar-refractivity contribution in [3.05, 3.63) is 54.1 Å². The lowest BCUT2D eigenvalue weighted by atomic mass is 10.2. The third-order valence-electron chi connectivity index (χ3n) is 6.52. The Bertz CT molecular complexity index is 1240. The number of hydrogen-bond acceptors (Lipinski definition) is 7. The second-order valence-electron chi connectivity index (χ2n) is 8.86. The number of morpholine rings is 1. The fourth-order valence-corrected chi connectivity index (χ4v) is 7.05. The molecule has 2 aliphatic rings. The highest BCUT2D eigenvalue weighted by molar-refractivity contribution is 7.89. The van der Waals surface area contributed by atoms with Crippen LogP contribution in [0.1, 0.15) is 29.6 Å². The number of carbonyl (C=O) groups is 1. The lowest BCUT2D eigenvalue weighted by Gasteiger charge is -2.27. The molecule has 0 spiro atoms. The molecule has 0 radical (unpaired) electrons. The van der Waals surface area contributed by atoms with E-state index in [1.807, 2.05) is 24.3 Å². The van der Waals surface area contributed by atoms with Gasteiger partial charge in [0.25, 0.3) is 5.91 Å². The fourth-order valence-electron chi connectivity index (χ4n) is 4.54. The van der Waals surface area contributed by atoms with Crippen molar-refractivity contribution in [2.45, 2.75) is 24.2 Å². The molecular formula is C25H31ClN4O4S2. The van der Waals surface area contributed by atoms with Gasteiger partial charge in [0, 0.05) is 44.8 Å². The Labute approximate surface area is 222 Å². The average Bonchev–Trinajstić information content (AvgIpc) is 3.58. The molecule has 2 saturated heterocycles. The van der Waals surface area contributed by atoms with Gasteiger partial charge in [-0.3, -0.25) is 14.6 Å². The first-order valence-corrected chi connectivity index (χ1v) is 14.4. The van der Waals surface area contributed by atoms with Crippen LogP contribution in [-0.4, -0.2) is 81.0 Å². The van der Waals surface area contributed by atoms with Crippen molar-refractivity contribution < 1.29 is 17.9 Å². The number of benzene rings is 2. The van der Waals surface area contributed by atoms with Crippen LogP contribution in [0.15, 0.2) is 53.4 Å². The van der Waals surface area contributed by atoms with E-state index < -0.39 is 10.0 Å². The molecule has 11 heteroatoms. The summed E-state index contributed by atoms with van der Waals surface area (Å²) in [4.78, 5) is 22.7. The molecular weight excluding hydrogens is 520 g/mol. The molecule has 3 aromatic rings. The van der Waals surface area contributed by atoms with E-state index >= 15 is 0 Å². The topological polar surface area (TPSA) is 83.1 Å². The Kier molecular flexibility index (Phi) is 8.97. The molecule has 5 rings (SSSR count). The summed E-state index contributed by atoms with van der Waals surface area (Å²) in [7, 11) is -3.52. The molecule has 3 heterocycles. The van der Waals surface area contributed by atoms with Gasteiger partial charge < -0.3 is 4.74 Å². The maximum Gasteiger partial charge on any atom is 0.260 e. The summed E-state index contributed by atoms with van der Waals surface area (Å²) >= 11 is 1.50. The molecule has 0 aliphatic carbocycles. The number of hydrogen-bond donors (Lipinski definition) is 0. The molecule has 0 atom stereocenters. The highest BCUT2D eigenvalue weighted by atomic mass is 35.5. The van der Waals surface area contributed by atoms with E-state index in [-0.39, 0.29) is 23.2 Å². The van der Waals surface area contributed by atoms with E-state index in [0.29, 0.717) is 30.3 Å². The second kappa shape index (κ2) is 12.0. The smallest absolute Gasteiger partial charge is 0.260 e. The normalized spacial score (nSPS) is 17.2. The Hall–Kier alpha value is -2.08. The van der Waals surface area contributed by atoms with Crippen molar-refractivity contribution in [1.82, 2.24) is 14.2 Å². The largest absolute Gasteiger partial charge is 0.379 e. The van der Waals surface area contributed by atoms with E-state index in [2.05, 4.69) is 4.90 Å². The Morgan fingerprint density at radius 2 is 1.69 bits per heavy atom. The quantitative estimate of drug-likeness (QED) is 0.423. The fraction of sp³-hybridized carbons (Fsp3) is 0.440. The van der Waals surface area contributed by atoms with Crippen LogP contribution in [0.2, 0.25) is 0 Å². The number of anilines is 1. The van der Waals surface area contributed by atoms with Crippen molar-refractivity contribution >= 4 is 55.0 Å². The summed E-state index contributed by atoms with van der Waals surface area (Å²) in [5, 5.41) is 0.659. The van der Waals surface area contributed by atoms with E-state index in [1.54, 1.807) is 29.2 Å². The average molecular weight is 551 g/mol. The standard InChI is InChI=1S/C25H30N4O4S2.ClH/c30-24(20-8-10-21(11-9-20)35(31,32)28-13-3-4-14-28)29(15-5-12-27-16-18-33-19-17-27)25-26-22-6-1-2-7-23(22)34-25;/h1-2,6-11H,3-5,12-19H2;1H. The molecule has 36 heavy (non-hydrogen) atoms. The zero-order valence-electron chi connectivity index (χ0n) is 20.0. The Morgan fingerprint density at radius 3 is 2.39 bits per heavy atom. The summed E-state index contributed by atoms with van der Waals surface area (Å²) < 4.78 is 33.7. The van der Waals surface area contributed by atoms with E-state index in [1.165, 1.54) is 15.6 Å². The van der Waals surface area contributed by atoms with Gasteiger partial charge in [0.15, 0.2) is 5.13 Å². The van der Waals surface area contributed by atoms with Gasteiger partial charge in [0.2, 0.25) is 10.0 Å². The first-order valence-electron chi connectivity index (χ1n) is 12.1. The molecule has 0 unspecified atom stereocenters. The van der Waals surface area contributed by atoms with Crippen LogP contribution >= 0.6 is 23.7 Å². The van der Waals surface area contributed by atoms with E-state index in [4.69, 9.17) is 9.72 Å². The van der Waals surface area contributed by atoms with E-state index in [9.17, 15) is 13.2 Å². The zero-order chi connectivity index (χ0) is 24.3. The predicted molar refractivity (Wildman–Crippen MR) is 145 cm³/mol. The minimum absolute atomic E-state index is 0. The van der Waals surface area contributed by atoms with Crippen LogP contribution in [0, 0.1) is 0 Å². The number of aromatic nitrogens is 1. The number of ether oxygens (including phenoxy) is 1. The van der Waals surface area contributed by atoms with Crippen molar-refractivity contribution in [2.24, 2.45) is 0 Å². The molecule has 0 bridgehead atoms. The summed E-state index contributed by atoms with van der Waals surface area (Å²) in [5.74, 6) is -0.170. The van der Waals surface area contributed by atoms with Crippen molar-refractivity contribution in [3.8, 4) is 0 Å². The van der Waals surface area contributed by atoms with Crippen LogP contribution in [0.3, 0.4) is 0 Å². The van der Waals surface area contributed by atoms with Crippen LogP contribution < -0.4 is 4.90 Å². The van der Waals surface area contributed by atoms with Crippen LogP contribution in [0.4, 0.5) is 5.13 Å². The molecule has 2 aliphatic heterocycles. The first-order chi connectivity index (χ1) is 17.0. The number of para-hydroxylation sites is 1. The Balaban J connectivity index is 0.00000304. The Morgan fingerprint density at radius 1 is 1.00 bits per heavy atom. The van der Waals surface area contributed by atoms with Gasteiger partial charge in [-0.05, 0) is 55.7 Å². The highest BCUT2D eigenvalue weighted by Crippen LogP contribution is 2.30. The number of thiazole rings is 1. The van der Waals surface area contributed by atoms with Crippen LogP contribution in [0.25, 0.3) is 10.2 Å². The zero-order valence-corrected chi connectivity index (χ0v) is 22.5. The number of sulfonamides is 1. The minimum Gasteiger partial charge on any atom is -0.379 e. The van der Waals surface area contributed by atoms with Crippen LogP contribution in [-0.2, 0) is 14.8 Å². The monoisotopic (exact) mass is 550 g/mol. The number of amides is 1. The van der Waals surface area contributed by atoms with Gasteiger partial charge in [0.05, 0.1) is 28.3 Å². The van der Waals surface area contributed by atoms with Crippen molar-refractivity contribution in [2.75, 3.05) is 57.4 Å². The van der Waals surface area contributed by atoms with E-state index in [0.717, 1.165) is 62.3 Å². The molecule has 1 aromatic heterocycles. The second-order valence-corrected chi connectivity index (χ2v) is 11.8. The minimum atomic E-state index is -3.52. The van der Waals surface area contributed by atoms with Gasteiger partial charge in [-0.15, -0.1) is 12.4 Å². The summed E-state index contributed by atoms with van der Waals surface area (Å²) in [6.07, 6.45) is 2.58. The van der Waals surface area contributed by atoms with Gasteiger partial charge in [-0.2, -0.15) is 4.31 Å². The molecule has 1 amide bonds. The number of halogens is 1.